The number of nitrogens with zero attached hydrogens (tertiary/aromatic N) is 3. The number of anilines is 3. The molecule has 0 fully saturated rings. The smallest absolute Gasteiger partial charge is 0.0938 e. The molecule has 0 atom stereocenters. The molecule has 2 aliphatic heterocycles. The van der Waals surface area contributed by atoms with Crippen molar-refractivity contribution in [2.45, 2.75) is 6.42 Å². The van der Waals surface area contributed by atoms with Crippen LogP contribution in [-0.2, 0) is 6.42 Å². The number of benzene rings is 2. The van der Waals surface area contributed by atoms with Crippen molar-refractivity contribution in [1.29, 1.82) is 0 Å². The lowest BCUT2D eigenvalue weighted by molar-refractivity contribution is 0.496. The number of rotatable bonds is 2. The van der Waals surface area contributed by atoms with Crippen LogP contribution in [0.1, 0.15) is 5.56 Å². The summed E-state index contributed by atoms with van der Waals surface area (Å²) in [6.07, 6.45) is 5.38. The monoisotopic (exact) mass is 277 g/mol. The zero-order valence-electron chi connectivity index (χ0n) is 12.2. The molecular formula is C18H19N3. The van der Waals surface area contributed by atoms with Gasteiger partial charge in [0, 0.05) is 43.1 Å². The van der Waals surface area contributed by atoms with Crippen molar-refractivity contribution < 1.29 is 0 Å². The van der Waals surface area contributed by atoms with Gasteiger partial charge in [-0.25, -0.2) is 0 Å². The average molecular weight is 277 g/mol. The van der Waals surface area contributed by atoms with Crippen LogP contribution in [0.15, 0.2) is 60.9 Å². The molecule has 0 saturated carbocycles. The van der Waals surface area contributed by atoms with Gasteiger partial charge in [0.15, 0.2) is 0 Å². The highest BCUT2D eigenvalue weighted by Crippen LogP contribution is 2.35. The van der Waals surface area contributed by atoms with Gasteiger partial charge in [0.1, 0.15) is 0 Å². The molecule has 4 rings (SSSR count). The Morgan fingerprint density at radius 1 is 0.905 bits per heavy atom. The van der Waals surface area contributed by atoms with Gasteiger partial charge >= 0.3 is 0 Å². The molecule has 0 N–H and O–H groups in total. The Bertz CT molecular complexity index is 692. The Hall–Kier alpha value is -2.42. The van der Waals surface area contributed by atoms with Crippen molar-refractivity contribution in [3.05, 3.63) is 66.5 Å². The zero-order valence-corrected chi connectivity index (χ0v) is 12.2. The van der Waals surface area contributed by atoms with Gasteiger partial charge in [0.25, 0.3) is 0 Å². The van der Waals surface area contributed by atoms with E-state index >= 15 is 0 Å². The molecular weight excluding hydrogens is 258 g/mol. The highest BCUT2D eigenvalue weighted by Gasteiger charge is 2.20. The van der Waals surface area contributed by atoms with Crippen molar-refractivity contribution >= 4 is 17.1 Å². The average Bonchev–Trinajstić information content (AvgIpc) is 3.13. The van der Waals surface area contributed by atoms with Crippen LogP contribution < -0.4 is 9.80 Å². The molecule has 106 valence electrons. The lowest BCUT2D eigenvalue weighted by atomic mass is 10.2. The first-order chi connectivity index (χ1) is 10.3. The van der Waals surface area contributed by atoms with E-state index in [1.165, 1.54) is 22.6 Å². The summed E-state index contributed by atoms with van der Waals surface area (Å²) < 4.78 is 0. The summed E-state index contributed by atoms with van der Waals surface area (Å²) in [5, 5.41) is 0. The summed E-state index contributed by atoms with van der Waals surface area (Å²) in [5.74, 6) is 0. The van der Waals surface area contributed by atoms with Gasteiger partial charge in [-0.1, -0.05) is 24.3 Å². The van der Waals surface area contributed by atoms with E-state index in [-0.39, 0.29) is 0 Å². The van der Waals surface area contributed by atoms with E-state index in [0.29, 0.717) is 0 Å². The summed E-state index contributed by atoms with van der Waals surface area (Å²) >= 11 is 0. The fourth-order valence-corrected chi connectivity index (χ4v) is 3.14. The van der Waals surface area contributed by atoms with Crippen LogP contribution in [0, 0.1) is 0 Å². The van der Waals surface area contributed by atoms with Crippen LogP contribution in [0.2, 0.25) is 0 Å². The van der Waals surface area contributed by atoms with E-state index in [0.717, 1.165) is 19.6 Å². The van der Waals surface area contributed by atoms with E-state index < -0.39 is 0 Å². The largest absolute Gasteiger partial charge is 0.361 e. The quantitative estimate of drug-likeness (QED) is 0.831. The lowest BCUT2D eigenvalue weighted by Crippen LogP contribution is -2.22. The summed E-state index contributed by atoms with van der Waals surface area (Å²) in [7, 11) is 2.09. The maximum Gasteiger partial charge on any atom is 0.0938 e. The Morgan fingerprint density at radius 2 is 1.76 bits per heavy atom. The van der Waals surface area contributed by atoms with E-state index in [1.807, 2.05) is 0 Å². The van der Waals surface area contributed by atoms with Gasteiger partial charge < -0.3 is 14.7 Å². The third-order valence-corrected chi connectivity index (χ3v) is 4.24. The van der Waals surface area contributed by atoms with Crippen LogP contribution in [0.25, 0.3) is 0 Å². The van der Waals surface area contributed by atoms with Crippen molar-refractivity contribution in [3.63, 3.8) is 0 Å². The summed E-state index contributed by atoms with van der Waals surface area (Å²) in [6.45, 7) is 1.98. The Labute approximate surface area is 125 Å². The normalized spacial score (nSPS) is 16.7. The Kier molecular flexibility index (Phi) is 2.85. The summed E-state index contributed by atoms with van der Waals surface area (Å²) in [5.41, 5.74) is 5.32. The van der Waals surface area contributed by atoms with Gasteiger partial charge in [-0.3, -0.25) is 0 Å². The van der Waals surface area contributed by atoms with E-state index in [4.69, 9.17) is 0 Å². The maximum atomic E-state index is 2.42. The molecule has 0 unspecified atom stereocenters. The second kappa shape index (κ2) is 4.85. The molecule has 0 spiro atoms. The molecule has 0 aliphatic carbocycles. The minimum Gasteiger partial charge on any atom is -0.361 e. The molecule has 0 bridgehead atoms. The molecule has 2 aromatic carbocycles. The number of hydrogen-bond acceptors (Lipinski definition) is 3. The number of hydrogen-bond donors (Lipinski definition) is 0. The predicted molar refractivity (Wildman–Crippen MR) is 87.8 cm³/mol. The van der Waals surface area contributed by atoms with Gasteiger partial charge in [-0.05, 0) is 36.2 Å². The fraction of sp³-hybridized carbons (Fsp3) is 0.222. The van der Waals surface area contributed by atoms with E-state index in [2.05, 4.69) is 82.7 Å². The minimum atomic E-state index is 0.917. The fourth-order valence-electron chi connectivity index (χ4n) is 3.14. The second-order valence-corrected chi connectivity index (χ2v) is 5.72. The highest BCUT2D eigenvalue weighted by molar-refractivity contribution is 5.72. The molecule has 21 heavy (non-hydrogen) atoms. The van der Waals surface area contributed by atoms with Crippen molar-refractivity contribution in [1.82, 2.24) is 4.90 Å². The SMILES string of the molecule is CN1C=CN(c2cccc(N3CCc4ccccc43)c2)C1. The van der Waals surface area contributed by atoms with Gasteiger partial charge in [-0.2, -0.15) is 0 Å². The second-order valence-electron chi connectivity index (χ2n) is 5.72. The molecule has 2 aliphatic rings. The van der Waals surface area contributed by atoms with Gasteiger partial charge in [0.05, 0.1) is 6.67 Å². The van der Waals surface area contributed by atoms with E-state index in [9.17, 15) is 0 Å². The van der Waals surface area contributed by atoms with Crippen molar-refractivity contribution in [2.75, 3.05) is 30.1 Å². The van der Waals surface area contributed by atoms with Gasteiger partial charge in [-0.15, -0.1) is 0 Å². The Balaban J connectivity index is 1.66. The first kappa shape index (κ1) is 12.3. The summed E-state index contributed by atoms with van der Waals surface area (Å²) in [6, 6.07) is 17.5. The molecule has 2 aromatic rings. The van der Waals surface area contributed by atoms with Crippen molar-refractivity contribution in [2.24, 2.45) is 0 Å². The van der Waals surface area contributed by atoms with Crippen LogP contribution in [0.5, 0.6) is 0 Å². The molecule has 3 nitrogen and oxygen atoms in total. The number of fused-ring (bicyclic) bond motifs is 1. The van der Waals surface area contributed by atoms with Crippen LogP contribution >= 0.6 is 0 Å². The summed E-state index contributed by atoms with van der Waals surface area (Å²) in [4.78, 5) is 6.87. The van der Waals surface area contributed by atoms with Crippen molar-refractivity contribution in [3.8, 4) is 0 Å². The predicted octanol–water partition coefficient (Wildman–Crippen LogP) is 3.56. The first-order valence-corrected chi connectivity index (χ1v) is 7.42. The molecule has 0 radical (unpaired) electrons. The lowest BCUT2D eigenvalue weighted by Gasteiger charge is -2.23. The standard InChI is InChI=1S/C18H19N3/c1-19-11-12-20(14-19)16-6-4-7-17(13-16)21-10-9-15-5-2-3-8-18(15)21/h2-8,11-13H,9-10,14H2,1H3. The molecule has 0 amide bonds. The third kappa shape index (κ3) is 2.15. The van der Waals surface area contributed by atoms with Crippen LogP contribution in [0.4, 0.5) is 17.1 Å². The first-order valence-electron chi connectivity index (χ1n) is 7.42. The third-order valence-electron chi connectivity index (χ3n) is 4.24. The van der Waals surface area contributed by atoms with Gasteiger partial charge in [0.2, 0.25) is 0 Å². The maximum absolute atomic E-state index is 2.42. The number of para-hydroxylation sites is 1. The van der Waals surface area contributed by atoms with E-state index in [1.54, 1.807) is 0 Å². The molecule has 3 heteroatoms. The molecule has 0 aromatic heterocycles. The highest BCUT2D eigenvalue weighted by atomic mass is 15.3. The topological polar surface area (TPSA) is 9.72 Å². The van der Waals surface area contributed by atoms with Crippen LogP contribution in [-0.4, -0.2) is 25.2 Å². The minimum absolute atomic E-state index is 0.917. The van der Waals surface area contributed by atoms with Crippen LogP contribution in [0.3, 0.4) is 0 Å². The molecule has 2 heterocycles. The Morgan fingerprint density at radius 3 is 2.62 bits per heavy atom. The molecule has 0 saturated heterocycles. The zero-order chi connectivity index (χ0) is 14.2.